The van der Waals surface area contributed by atoms with Gasteiger partial charge in [0, 0.05) is 51.1 Å². The van der Waals surface area contributed by atoms with E-state index in [-0.39, 0.29) is 74.3 Å². The summed E-state index contributed by atoms with van der Waals surface area (Å²) in [5.41, 5.74) is 3.88. The van der Waals surface area contributed by atoms with Crippen LogP contribution in [0.2, 0.25) is 0 Å². The molecule has 1 aromatic heterocycles. The molecule has 0 saturated heterocycles. The molecule has 2 heterocycles. The number of phosphoric ester groups is 1. The van der Waals surface area contributed by atoms with Crippen molar-refractivity contribution in [2.45, 2.75) is 283 Å². The molecular formula is C68H115N7NaO14P. The van der Waals surface area contributed by atoms with Crippen LogP contribution < -0.4 is 50.4 Å². The summed E-state index contributed by atoms with van der Waals surface area (Å²) in [6.45, 7) is 4.56. The van der Waals surface area contributed by atoms with Crippen molar-refractivity contribution in [2.24, 2.45) is 0 Å². The summed E-state index contributed by atoms with van der Waals surface area (Å²) < 4.78 is 34.1. The van der Waals surface area contributed by atoms with Crippen molar-refractivity contribution in [2.75, 3.05) is 51.8 Å². The Morgan fingerprint density at radius 3 is 1.86 bits per heavy atom. The third-order valence-electron chi connectivity index (χ3n) is 16.7. The fraction of sp³-hybridized carbons (Fsp3) is 0.750. The Balaban J connectivity index is 0.0000216. The second-order valence-electron chi connectivity index (χ2n) is 24.8. The van der Waals surface area contributed by atoms with Crippen molar-refractivity contribution in [3.63, 3.8) is 0 Å². The molecular weight excluding hydrogens is 1190 g/mol. The number of ether oxygens (including phenoxy) is 2. The van der Waals surface area contributed by atoms with Crippen LogP contribution in [-0.4, -0.2) is 135 Å². The van der Waals surface area contributed by atoms with E-state index < -0.39 is 69.8 Å². The number of H-pyrrole nitrogens is 1. The Morgan fingerprint density at radius 2 is 1.26 bits per heavy atom. The zero-order chi connectivity index (χ0) is 65.0. The number of aliphatic carboxylic acids is 1. The fourth-order valence-electron chi connectivity index (χ4n) is 11.4. The molecule has 6 atom stereocenters. The number of aliphatic hydroxyl groups is 3. The van der Waals surface area contributed by atoms with E-state index in [0.717, 1.165) is 74.4 Å². The number of aliphatic hydroxyl groups excluding tert-OH is 3. The van der Waals surface area contributed by atoms with Crippen LogP contribution in [0.25, 0.3) is 11.0 Å². The minimum Gasteiger partial charge on any atom is -0.756 e. The Bertz CT molecular complexity index is 2450. The maximum Gasteiger partial charge on any atom is 1.00 e. The van der Waals surface area contributed by atoms with Gasteiger partial charge in [-0.1, -0.05) is 199 Å². The molecule has 2 aromatic carbocycles. The van der Waals surface area contributed by atoms with Gasteiger partial charge in [-0.25, -0.2) is 4.98 Å². The van der Waals surface area contributed by atoms with E-state index >= 15 is 0 Å². The quantitative estimate of drug-likeness (QED) is 0.00858. The zero-order valence-electron chi connectivity index (χ0n) is 56.0. The first kappa shape index (κ1) is 81.7. The number of hydrogen-bond acceptors (Lipinski definition) is 17. The van der Waals surface area contributed by atoms with Crippen LogP contribution in [0.4, 0.5) is 5.69 Å². The third-order valence-corrected chi connectivity index (χ3v) is 17.7. The maximum atomic E-state index is 12.9. The normalized spacial score (nSPS) is 15.9. The summed E-state index contributed by atoms with van der Waals surface area (Å²) in [7, 11) is -3.12. The molecule has 1 aliphatic heterocycles. The number of imidazole rings is 1. The van der Waals surface area contributed by atoms with Crippen LogP contribution in [0, 0.1) is 0 Å². The van der Waals surface area contributed by atoms with E-state index in [1.54, 1.807) is 18.0 Å². The summed E-state index contributed by atoms with van der Waals surface area (Å²) in [5, 5.41) is 51.7. The van der Waals surface area contributed by atoms with Gasteiger partial charge < -0.3 is 64.8 Å². The standard InChI is InChI=1S/C68H116N7O14P.Na/c1-4-6-8-10-12-14-16-18-20-22-24-26-30-38-65(80)86-52-56(89-66(81)39-31-27-25-23-21-19-17-15-13-11-9-7-5-2)53-88-90(84,85)87-47-45-70-63(77)43-42-62(76)69-44-34-28-29-35-46-75-50-55-48-54(40-41-57(55)71-60(68(75)83)49-64(78)79)67(82)74(3)51-61-72-58-36-32-33-37-59(58)73-61;/h32-33,36-37,40-41,48,56,60,65,67-68,71,80,82-83H,4-31,34-35,38-39,42-47,49-53H2,1-3H3,(H,69,76)(H,70,77)(H,72,73)(H,78,79)(H,84,85);/q;+1/p-1/t56-,60+,65-,67+,68+;/m1./s1. The van der Waals surface area contributed by atoms with E-state index in [0.29, 0.717) is 68.9 Å². The maximum absolute atomic E-state index is 12.9. The van der Waals surface area contributed by atoms with Crippen molar-refractivity contribution in [3.05, 3.63) is 59.4 Å². The molecule has 1 aliphatic rings. The SMILES string of the molecule is CCCCCCCCCCCCCCCC(=O)O[C@H](CO[C@@H](O)CCCCCCCCCCCCCCC)COP(=O)([O-])OCCNC(=O)CCC(=O)NCCCCCCN1Cc2cc([C@H](O)N(C)Cc3nc4ccccc4[nH]3)ccc2N[C@@H](CC(=O)O)[C@@H]1O.[Na+]. The molecule has 2 amide bonds. The van der Waals surface area contributed by atoms with E-state index in [2.05, 4.69) is 39.8 Å². The van der Waals surface area contributed by atoms with Crippen LogP contribution >= 0.6 is 7.82 Å². The number of para-hydroxylation sites is 2. The molecule has 23 heteroatoms. The Labute approximate surface area is 566 Å². The van der Waals surface area contributed by atoms with Crippen LogP contribution in [0.3, 0.4) is 0 Å². The molecule has 0 spiro atoms. The van der Waals surface area contributed by atoms with Crippen molar-refractivity contribution >= 4 is 48.3 Å². The van der Waals surface area contributed by atoms with Gasteiger partial charge in [0.25, 0.3) is 7.82 Å². The Hall–Kier alpha value is -3.54. The number of anilines is 1. The van der Waals surface area contributed by atoms with Crippen molar-refractivity contribution in [1.29, 1.82) is 0 Å². The number of phosphoric acid groups is 1. The molecule has 91 heavy (non-hydrogen) atoms. The first-order valence-electron chi connectivity index (χ1n) is 34.5. The number of benzene rings is 2. The molecule has 512 valence electrons. The summed E-state index contributed by atoms with van der Waals surface area (Å²) in [6, 6.07) is 12.4. The summed E-state index contributed by atoms with van der Waals surface area (Å²) in [6.07, 6.45) is 29.5. The molecule has 4 rings (SSSR count). The van der Waals surface area contributed by atoms with Crippen molar-refractivity contribution in [3.8, 4) is 0 Å². The smallest absolute Gasteiger partial charge is 0.756 e. The third kappa shape index (κ3) is 37.4. The van der Waals surface area contributed by atoms with Gasteiger partial charge in [0.05, 0.1) is 49.9 Å². The number of carboxylic acid groups (broad SMARTS) is 1. The van der Waals surface area contributed by atoms with Gasteiger partial charge in [0.15, 0.2) is 6.29 Å². The van der Waals surface area contributed by atoms with Crippen LogP contribution in [-0.2, 0) is 55.4 Å². The van der Waals surface area contributed by atoms with E-state index in [1.807, 2.05) is 41.3 Å². The summed E-state index contributed by atoms with van der Waals surface area (Å²) in [5.74, 6) is -1.63. The molecule has 8 N–H and O–H groups in total. The van der Waals surface area contributed by atoms with Crippen molar-refractivity contribution < 1.29 is 97.1 Å². The minimum atomic E-state index is -4.92. The van der Waals surface area contributed by atoms with Gasteiger partial charge in [0.2, 0.25) is 11.8 Å². The molecule has 0 bridgehead atoms. The number of amides is 2. The molecule has 3 aromatic rings. The number of esters is 1. The number of hydrogen-bond donors (Lipinski definition) is 8. The second kappa shape index (κ2) is 49.9. The van der Waals surface area contributed by atoms with Gasteiger partial charge in [0.1, 0.15) is 24.4 Å². The van der Waals surface area contributed by atoms with Gasteiger partial charge in [-0.3, -0.25) is 33.5 Å². The molecule has 21 nitrogen and oxygen atoms in total. The number of carboxylic acids is 1. The predicted octanol–water partition coefficient (Wildman–Crippen LogP) is 9.36. The predicted molar refractivity (Wildman–Crippen MR) is 351 cm³/mol. The molecule has 0 radical (unpaired) electrons. The van der Waals surface area contributed by atoms with E-state index in [9.17, 15) is 49.1 Å². The summed E-state index contributed by atoms with van der Waals surface area (Å²) in [4.78, 5) is 74.2. The largest absolute Gasteiger partial charge is 1.00 e. The van der Waals surface area contributed by atoms with Crippen LogP contribution in [0.5, 0.6) is 0 Å². The van der Waals surface area contributed by atoms with Crippen LogP contribution in [0.1, 0.15) is 262 Å². The van der Waals surface area contributed by atoms with Crippen LogP contribution in [0.15, 0.2) is 42.5 Å². The number of nitrogens with zero attached hydrogens (tertiary/aromatic N) is 3. The number of unbranched alkanes of at least 4 members (excludes halogenated alkanes) is 27. The number of aromatic amines is 1. The monoisotopic (exact) mass is 1310 g/mol. The number of fused-ring (bicyclic) bond motifs is 2. The zero-order valence-corrected chi connectivity index (χ0v) is 58.9. The number of carbonyl (C=O) groups is 4. The van der Waals surface area contributed by atoms with Gasteiger partial charge in [-0.15, -0.1) is 0 Å². The fourth-order valence-corrected chi connectivity index (χ4v) is 12.1. The van der Waals surface area contributed by atoms with Gasteiger partial charge in [-0.05, 0) is 74.5 Å². The first-order valence-corrected chi connectivity index (χ1v) is 36.0. The molecule has 1 unspecified atom stereocenters. The van der Waals surface area contributed by atoms with E-state index in [4.69, 9.17) is 18.5 Å². The summed E-state index contributed by atoms with van der Waals surface area (Å²) >= 11 is 0. The van der Waals surface area contributed by atoms with E-state index in [1.165, 1.54) is 116 Å². The van der Waals surface area contributed by atoms with Crippen molar-refractivity contribution in [1.82, 2.24) is 30.4 Å². The minimum absolute atomic E-state index is 0. The number of carbonyl (C=O) groups excluding carboxylic acids is 3. The van der Waals surface area contributed by atoms with Gasteiger partial charge >= 0.3 is 41.5 Å². The first-order chi connectivity index (χ1) is 43.6. The Kier molecular flexibility index (Phi) is 44.8. The van der Waals surface area contributed by atoms with Gasteiger partial charge in [-0.2, -0.15) is 0 Å². The number of aromatic nitrogens is 2. The Morgan fingerprint density at radius 1 is 0.714 bits per heavy atom. The topological polar surface area (TPSA) is 298 Å². The number of nitrogens with one attached hydrogen (secondary N) is 4. The average Bonchev–Trinajstić information content (AvgIpc) is 2.40. The average molecular weight is 1310 g/mol. The second-order valence-corrected chi connectivity index (χ2v) is 26.2. The molecule has 0 aliphatic carbocycles. The molecule has 0 saturated carbocycles. The molecule has 0 fully saturated rings. The number of rotatable bonds is 55.